The van der Waals surface area contributed by atoms with Crippen molar-refractivity contribution in [3.05, 3.63) is 52.5 Å². The van der Waals surface area contributed by atoms with E-state index < -0.39 is 0 Å². The van der Waals surface area contributed by atoms with Gasteiger partial charge in [-0.15, -0.1) is 0 Å². The molecule has 0 saturated heterocycles. The van der Waals surface area contributed by atoms with Gasteiger partial charge in [0.15, 0.2) is 11.5 Å². The van der Waals surface area contributed by atoms with E-state index >= 15 is 0 Å². The fraction of sp³-hybridized carbons (Fsp3) is 0.440. The quantitative estimate of drug-likeness (QED) is 0.535. The van der Waals surface area contributed by atoms with Crippen molar-refractivity contribution in [2.45, 2.75) is 33.2 Å². The zero-order chi connectivity index (χ0) is 24.2. The van der Waals surface area contributed by atoms with Crippen molar-refractivity contribution in [3.8, 4) is 11.5 Å². The van der Waals surface area contributed by atoms with Gasteiger partial charge in [0.2, 0.25) is 5.91 Å². The first-order valence-corrected chi connectivity index (χ1v) is 11.4. The van der Waals surface area contributed by atoms with E-state index in [0.717, 1.165) is 18.4 Å². The Balaban J connectivity index is 1.79. The van der Waals surface area contributed by atoms with Crippen LogP contribution < -0.4 is 20.5 Å². The van der Waals surface area contributed by atoms with Gasteiger partial charge < -0.3 is 25.4 Å². The molecule has 0 heterocycles. The minimum atomic E-state index is -0.292. The highest BCUT2D eigenvalue weighted by Gasteiger charge is 2.35. The summed E-state index contributed by atoms with van der Waals surface area (Å²) in [5.74, 6) is 0.944. The largest absolute Gasteiger partial charge is 0.493 e. The van der Waals surface area contributed by atoms with Crippen LogP contribution in [0.15, 0.2) is 36.4 Å². The van der Waals surface area contributed by atoms with Crippen molar-refractivity contribution in [2.24, 2.45) is 17.1 Å². The van der Waals surface area contributed by atoms with Crippen molar-refractivity contribution in [1.29, 1.82) is 0 Å². The highest BCUT2D eigenvalue weighted by molar-refractivity contribution is 6.31. The van der Waals surface area contributed by atoms with Gasteiger partial charge in [-0.2, -0.15) is 0 Å². The lowest BCUT2D eigenvalue weighted by molar-refractivity contribution is -0.134. The van der Waals surface area contributed by atoms with Crippen molar-refractivity contribution >= 4 is 29.1 Å². The third kappa shape index (κ3) is 6.39. The molecule has 0 bridgehead atoms. The first-order valence-electron chi connectivity index (χ1n) is 11.0. The molecule has 2 amide bonds. The Morgan fingerprint density at radius 1 is 1.12 bits per heavy atom. The molecule has 1 aliphatic carbocycles. The number of benzene rings is 2. The first-order chi connectivity index (χ1) is 15.7. The van der Waals surface area contributed by atoms with Crippen molar-refractivity contribution in [3.63, 3.8) is 0 Å². The second kappa shape index (κ2) is 10.4. The Morgan fingerprint density at radius 2 is 1.82 bits per heavy atom. The first kappa shape index (κ1) is 24.9. The molecule has 0 spiro atoms. The molecule has 33 heavy (non-hydrogen) atoms. The van der Waals surface area contributed by atoms with Crippen LogP contribution in [0.25, 0.3) is 0 Å². The maximum Gasteiger partial charge on any atom is 0.255 e. The van der Waals surface area contributed by atoms with Crippen LogP contribution in [0.3, 0.4) is 0 Å². The molecule has 3 N–H and O–H groups in total. The lowest BCUT2D eigenvalue weighted by Gasteiger charge is -2.32. The van der Waals surface area contributed by atoms with Crippen LogP contribution >= 0.6 is 11.6 Å². The van der Waals surface area contributed by atoms with Crippen LogP contribution in [-0.4, -0.2) is 44.0 Å². The van der Waals surface area contributed by atoms with E-state index in [9.17, 15) is 9.59 Å². The summed E-state index contributed by atoms with van der Waals surface area (Å²) in [5.41, 5.74) is 7.49. The van der Waals surface area contributed by atoms with E-state index in [-0.39, 0.29) is 23.1 Å². The number of anilines is 1. The number of ether oxygens (including phenoxy) is 2. The third-order valence-corrected chi connectivity index (χ3v) is 6.09. The average Bonchev–Trinajstić information content (AvgIpc) is 3.65. The number of nitrogens with zero attached hydrogens (tertiary/aromatic N) is 1. The number of nitrogens with one attached hydrogen (secondary N) is 1. The number of halogens is 1. The lowest BCUT2D eigenvalue weighted by Crippen LogP contribution is -2.42. The summed E-state index contributed by atoms with van der Waals surface area (Å²) in [6.45, 7) is 5.45. The number of nitrogens with two attached hydrogens (primary N) is 1. The Kier molecular flexibility index (Phi) is 7.87. The van der Waals surface area contributed by atoms with Gasteiger partial charge in [0.05, 0.1) is 14.2 Å². The van der Waals surface area contributed by atoms with Gasteiger partial charge >= 0.3 is 0 Å². The number of carbonyl (C=O) groups is 2. The highest BCUT2D eigenvalue weighted by Crippen LogP contribution is 2.34. The van der Waals surface area contributed by atoms with E-state index in [1.807, 2.05) is 24.8 Å². The Bertz CT molecular complexity index is 1020. The Hall–Kier alpha value is -2.77. The normalized spacial score (nSPS) is 13.4. The van der Waals surface area contributed by atoms with E-state index in [1.165, 1.54) is 7.11 Å². The van der Waals surface area contributed by atoms with Gasteiger partial charge in [-0.3, -0.25) is 9.59 Å². The summed E-state index contributed by atoms with van der Waals surface area (Å²) in [4.78, 5) is 27.6. The standard InChI is InChI=1S/C25H32ClN3O4/c1-25(2,14-27)15-29(24(31)16-5-6-16)13-18-11-19(8-9-20(18)26)28-23(30)17-7-10-21(32-3)22(12-17)33-4/h7-12,16H,5-6,13-15,27H2,1-4H3,(H,28,30). The van der Waals surface area contributed by atoms with Gasteiger partial charge in [-0.1, -0.05) is 25.4 Å². The number of hydrogen-bond donors (Lipinski definition) is 2. The van der Waals surface area contributed by atoms with Crippen LogP contribution in [0.1, 0.15) is 42.6 Å². The van der Waals surface area contributed by atoms with Crippen LogP contribution in [0.5, 0.6) is 11.5 Å². The predicted octanol–water partition coefficient (Wildman–Crippen LogP) is 4.33. The van der Waals surface area contributed by atoms with E-state index in [2.05, 4.69) is 5.32 Å². The molecule has 0 unspecified atom stereocenters. The molecule has 0 aliphatic heterocycles. The number of hydrogen-bond acceptors (Lipinski definition) is 5. The second-order valence-electron chi connectivity index (χ2n) is 9.17. The summed E-state index contributed by atoms with van der Waals surface area (Å²) in [6, 6.07) is 10.2. The molecule has 2 aromatic rings. The monoisotopic (exact) mass is 473 g/mol. The summed E-state index contributed by atoms with van der Waals surface area (Å²) in [7, 11) is 3.06. The van der Waals surface area contributed by atoms with Crippen LogP contribution in [-0.2, 0) is 11.3 Å². The summed E-state index contributed by atoms with van der Waals surface area (Å²) < 4.78 is 10.5. The number of carbonyl (C=O) groups excluding carboxylic acids is 2. The van der Waals surface area contributed by atoms with Gasteiger partial charge in [0.1, 0.15) is 0 Å². The maximum absolute atomic E-state index is 12.9. The summed E-state index contributed by atoms with van der Waals surface area (Å²) >= 11 is 6.47. The van der Waals surface area contributed by atoms with Gasteiger partial charge in [0, 0.05) is 35.3 Å². The number of methoxy groups -OCH3 is 2. The zero-order valence-corrected chi connectivity index (χ0v) is 20.4. The van der Waals surface area contributed by atoms with E-state index in [1.54, 1.807) is 37.4 Å². The van der Waals surface area contributed by atoms with Crippen LogP contribution in [0.4, 0.5) is 5.69 Å². The molecule has 8 heteroatoms. The molecule has 7 nitrogen and oxygen atoms in total. The predicted molar refractivity (Wildman–Crippen MR) is 130 cm³/mol. The molecule has 0 atom stereocenters. The summed E-state index contributed by atoms with van der Waals surface area (Å²) in [6.07, 6.45) is 1.85. The minimum absolute atomic E-state index is 0.0882. The topological polar surface area (TPSA) is 93.9 Å². The van der Waals surface area contributed by atoms with Gasteiger partial charge in [-0.25, -0.2) is 0 Å². The molecular formula is C25H32ClN3O4. The van der Waals surface area contributed by atoms with Crippen molar-refractivity contribution in [2.75, 3.05) is 32.6 Å². The minimum Gasteiger partial charge on any atom is -0.493 e. The fourth-order valence-corrected chi connectivity index (χ4v) is 3.72. The van der Waals surface area contributed by atoms with E-state index in [4.69, 9.17) is 26.8 Å². The summed E-state index contributed by atoms with van der Waals surface area (Å²) in [5, 5.41) is 3.43. The molecule has 1 saturated carbocycles. The second-order valence-corrected chi connectivity index (χ2v) is 9.57. The Labute approximate surface area is 200 Å². The highest BCUT2D eigenvalue weighted by atomic mass is 35.5. The van der Waals surface area contributed by atoms with Gasteiger partial charge in [-0.05, 0) is 66.8 Å². The molecule has 1 aliphatic rings. The molecule has 2 aromatic carbocycles. The number of amides is 2. The smallest absolute Gasteiger partial charge is 0.255 e. The fourth-order valence-electron chi connectivity index (χ4n) is 3.54. The molecule has 0 radical (unpaired) electrons. The Morgan fingerprint density at radius 3 is 2.42 bits per heavy atom. The van der Waals surface area contributed by atoms with Crippen molar-refractivity contribution < 1.29 is 19.1 Å². The maximum atomic E-state index is 12.9. The van der Waals surface area contributed by atoms with Crippen molar-refractivity contribution in [1.82, 2.24) is 4.90 Å². The molecule has 178 valence electrons. The zero-order valence-electron chi connectivity index (χ0n) is 19.6. The molecular weight excluding hydrogens is 442 g/mol. The number of rotatable bonds is 10. The van der Waals surface area contributed by atoms with E-state index in [0.29, 0.717) is 47.4 Å². The molecule has 3 rings (SSSR count). The molecule has 1 fully saturated rings. The third-order valence-electron chi connectivity index (χ3n) is 5.72. The lowest BCUT2D eigenvalue weighted by atomic mass is 9.92. The van der Waals surface area contributed by atoms with Crippen LogP contribution in [0, 0.1) is 11.3 Å². The SMILES string of the molecule is COc1ccc(C(=O)Nc2ccc(Cl)c(CN(CC(C)(C)CN)C(=O)C3CC3)c2)cc1OC. The molecule has 0 aromatic heterocycles. The van der Waals surface area contributed by atoms with Gasteiger partial charge in [0.25, 0.3) is 5.91 Å². The average molecular weight is 474 g/mol. The van der Waals surface area contributed by atoms with Crippen LogP contribution in [0.2, 0.25) is 5.02 Å².